The van der Waals surface area contributed by atoms with Crippen molar-refractivity contribution in [2.75, 3.05) is 38.6 Å². The second-order valence-corrected chi connectivity index (χ2v) is 16.5. The third kappa shape index (κ3) is 4.98. The Morgan fingerprint density at radius 3 is 1.24 bits per heavy atom. The summed E-state index contributed by atoms with van der Waals surface area (Å²) in [4.78, 5) is 0. The molecule has 0 aromatic rings. The first kappa shape index (κ1) is 17.6. The minimum absolute atomic E-state index is 1.00. The molecule has 106 valence electrons. The van der Waals surface area contributed by atoms with E-state index in [1.165, 1.54) is 32.0 Å². The van der Waals surface area contributed by atoms with Gasteiger partial charge in [0.05, 0.1) is 0 Å². The van der Waals surface area contributed by atoms with Gasteiger partial charge in [0.25, 0.3) is 0 Å². The molecule has 0 aliphatic rings. The van der Waals surface area contributed by atoms with Gasteiger partial charge in [-0.25, -0.2) is 0 Å². The summed E-state index contributed by atoms with van der Waals surface area (Å²) in [6.45, 7) is 24.3. The van der Waals surface area contributed by atoms with Gasteiger partial charge in [-0.2, -0.15) is 0 Å². The van der Waals surface area contributed by atoms with Crippen molar-refractivity contribution < 1.29 is 0 Å². The molecule has 0 aliphatic carbocycles. The molecule has 0 saturated carbocycles. The molecule has 0 unspecified atom stereocenters. The van der Waals surface area contributed by atoms with Crippen LogP contribution in [0.25, 0.3) is 0 Å². The van der Waals surface area contributed by atoms with Crippen LogP contribution in [0.2, 0.25) is 19.6 Å². The molecule has 0 spiro atoms. The molecule has 0 rings (SSSR count). The zero-order valence-electron chi connectivity index (χ0n) is 13.4. The molecule has 0 heterocycles. The number of rotatable bonds is 8. The van der Waals surface area contributed by atoms with Crippen LogP contribution in [0, 0.1) is 0 Å². The van der Waals surface area contributed by atoms with Gasteiger partial charge in [-0.1, -0.05) is 0 Å². The molecule has 0 atom stereocenters. The average molecular weight is 278 g/mol. The third-order valence-electron chi connectivity index (χ3n) is 3.75. The molecule has 17 heavy (non-hydrogen) atoms. The Kier molecular flexibility index (Phi) is 7.47. The SMILES string of the molecule is CCN(CC)[PH](C)(C[Si](C)(C)C)N(CC)CC. The quantitative estimate of drug-likeness (QED) is 0.493. The predicted molar refractivity (Wildman–Crippen MR) is 88.3 cm³/mol. The Morgan fingerprint density at radius 2 is 1.06 bits per heavy atom. The predicted octanol–water partition coefficient (Wildman–Crippen LogP) is 3.76. The molecule has 0 bridgehead atoms. The Bertz CT molecular complexity index is 196. The minimum atomic E-state index is -1.42. The van der Waals surface area contributed by atoms with Crippen molar-refractivity contribution in [3.8, 4) is 0 Å². The summed E-state index contributed by atoms with van der Waals surface area (Å²) < 4.78 is 5.55. The van der Waals surface area contributed by atoms with E-state index in [1.807, 2.05) is 0 Å². The molecule has 4 heteroatoms. The molecular weight excluding hydrogens is 243 g/mol. The van der Waals surface area contributed by atoms with E-state index in [0.717, 1.165) is 0 Å². The van der Waals surface area contributed by atoms with Gasteiger partial charge in [-0.3, -0.25) is 0 Å². The van der Waals surface area contributed by atoms with Gasteiger partial charge in [0.2, 0.25) is 0 Å². The van der Waals surface area contributed by atoms with Crippen LogP contribution in [0.15, 0.2) is 0 Å². The van der Waals surface area contributed by atoms with Crippen LogP contribution in [0.5, 0.6) is 0 Å². The fraction of sp³-hybridized carbons (Fsp3) is 1.00. The first-order valence-corrected chi connectivity index (χ1v) is 13.6. The van der Waals surface area contributed by atoms with Crippen molar-refractivity contribution in [2.24, 2.45) is 0 Å². The van der Waals surface area contributed by atoms with Gasteiger partial charge in [-0.05, 0) is 0 Å². The van der Waals surface area contributed by atoms with Crippen molar-refractivity contribution in [1.29, 1.82) is 0 Å². The van der Waals surface area contributed by atoms with E-state index in [2.05, 4.69) is 63.3 Å². The molecule has 0 fully saturated rings. The monoisotopic (exact) mass is 278 g/mol. The van der Waals surface area contributed by atoms with Crippen LogP contribution in [-0.4, -0.2) is 56.0 Å². The maximum atomic E-state index is 2.78. The number of hydrogen-bond donors (Lipinski definition) is 0. The second-order valence-electron chi connectivity index (χ2n) is 6.30. The Labute approximate surface area is 111 Å². The Hall–Kier alpha value is 0.567. The van der Waals surface area contributed by atoms with Gasteiger partial charge >= 0.3 is 111 Å². The van der Waals surface area contributed by atoms with E-state index in [9.17, 15) is 0 Å². The standard InChI is InChI=1S/C13H35N2PSi/c1-9-14(10-2)16(5,13-17(6,7)8)15(11-3)12-4/h16H,9-13H2,1-8H3. The van der Waals surface area contributed by atoms with Crippen molar-refractivity contribution in [3.05, 3.63) is 0 Å². The first-order valence-electron chi connectivity index (χ1n) is 7.25. The second kappa shape index (κ2) is 7.23. The topological polar surface area (TPSA) is 6.48 Å². The molecule has 0 radical (unpaired) electrons. The van der Waals surface area contributed by atoms with Crippen molar-refractivity contribution in [3.63, 3.8) is 0 Å². The summed E-state index contributed by atoms with van der Waals surface area (Å²) in [6.07, 6.45) is 0. The van der Waals surface area contributed by atoms with Crippen LogP contribution in [0.3, 0.4) is 0 Å². The summed E-state index contributed by atoms with van der Waals surface area (Å²) in [5.74, 6) is 1.49. The van der Waals surface area contributed by atoms with Crippen LogP contribution in [0.1, 0.15) is 27.7 Å². The van der Waals surface area contributed by atoms with Gasteiger partial charge < -0.3 is 0 Å². The van der Waals surface area contributed by atoms with Gasteiger partial charge in [0.15, 0.2) is 0 Å². The summed E-state index contributed by atoms with van der Waals surface area (Å²) in [6, 6.07) is 0. The maximum absolute atomic E-state index is 2.78. The third-order valence-corrected chi connectivity index (χ3v) is 14.7. The van der Waals surface area contributed by atoms with E-state index in [0.29, 0.717) is 0 Å². The summed E-state index contributed by atoms with van der Waals surface area (Å²) in [7, 11) is -2.42. The van der Waals surface area contributed by atoms with Gasteiger partial charge in [-0.15, -0.1) is 0 Å². The molecule has 0 N–H and O–H groups in total. The summed E-state index contributed by atoms with van der Waals surface area (Å²) in [5.41, 5.74) is 0. The molecule has 2 nitrogen and oxygen atoms in total. The van der Waals surface area contributed by atoms with Gasteiger partial charge in [0.1, 0.15) is 0 Å². The molecule has 0 aromatic heterocycles. The van der Waals surface area contributed by atoms with Crippen LogP contribution in [0.4, 0.5) is 0 Å². The zero-order valence-corrected chi connectivity index (χ0v) is 15.4. The first-order chi connectivity index (χ1) is 7.75. The van der Waals surface area contributed by atoms with E-state index < -0.39 is 15.6 Å². The van der Waals surface area contributed by atoms with E-state index >= 15 is 0 Å². The fourth-order valence-corrected chi connectivity index (χ4v) is 16.2. The van der Waals surface area contributed by atoms with Crippen LogP contribution in [-0.2, 0) is 0 Å². The van der Waals surface area contributed by atoms with Crippen LogP contribution >= 0.6 is 7.56 Å². The van der Waals surface area contributed by atoms with Crippen LogP contribution < -0.4 is 0 Å². The van der Waals surface area contributed by atoms with Crippen molar-refractivity contribution in [1.82, 2.24) is 9.34 Å². The van der Waals surface area contributed by atoms with Crippen molar-refractivity contribution >= 4 is 15.6 Å². The molecule has 0 amide bonds. The number of hydrogen-bond acceptors (Lipinski definition) is 2. The Morgan fingerprint density at radius 1 is 0.765 bits per heavy atom. The number of nitrogens with zero attached hydrogens (tertiary/aromatic N) is 2. The van der Waals surface area contributed by atoms with E-state index in [1.54, 1.807) is 0 Å². The van der Waals surface area contributed by atoms with Crippen molar-refractivity contribution in [2.45, 2.75) is 47.3 Å². The normalized spacial score (nSPS) is 14.7. The summed E-state index contributed by atoms with van der Waals surface area (Å²) >= 11 is 0. The average Bonchev–Trinajstić information content (AvgIpc) is 2.18. The van der Waals surface area contributed by atoms with E-state index in [-0.39, 0.29) is 0 Å². The molecule has 0 aliphatic heterocycles. The zero-order chi connectivity index (χ0) is 13.7. The fourth-order valence-electron chi connectivity index (χ4n) is 3.24. The Balaban J connectivity index is 5.17. The van der Waals surface area contributed by atoms with E-state index in [4.69, 9.17) is 0 Å². The van der Waals surface area contributed by atoms with Gasteiger partial charge in [0, 0.05) is 0 Å². The molecule has 0 saturated heterocycles. The molecular formula is C13H35N2PSi. The molecule has 0 aromatic carbocycles. The summed E-state index contributed by atoms with van der Waals surface area (Å²) in [5, 5.41) is 0.